The molecule has 0 fully saturated rings. The summed E-state index contributed by atoms with van der Waals surface area (Å²) in [4.78, 5) is 13.1. The summed E-state index contributed by atoms with van der Waals surface area (Å²) < 4.78 is 29.2. The highest BCUT2D eigenvalue weighted by Crippen LogP contribution is 2.29. The predicted octanol–water partition coefficient (Wildman–Crippen LogP) is 1.47. The highest BCUT2D eigenvalue weighted by molar-refractivity contribution is 7.89. The number of aromatic nitrogens is 3. The number of carbonyl (C=O) groups excluding carboxylic acids is 1. The summed E-state index contributed by atoms with van der Waals surface area (Å²) >= 11 is 0. The quantitative estimate of drug-likeness (QED) is 0.719. The maximum Gasteiger partial charge on any atom is 0.257 e. The van der Waals surface area contributed by atoms with Gasteiger partial charge in [0.1, 0.15) is 18.7 Å². The number of sulfonamides is 1. The number of fused-ring (bicyclic) bond motifs is 1. The zero-order chi connectivity index (χ0) is 19.7. The first kappa shape index (κ1) is 18.3. The molecule has 1 amide bonds. The molecule has 1 aromatic heterocycles. The summed E-state index contributed by atoms with van der Waals surface area (Å²) in [5.41, 5.74) is 5.45. The summed E-state index contributed by atoms with van der Waals surface area (Å²) in [5.74, 6) is -0.440. The molecule has 1 aliphatic heterocycles. The fourth-order valence-corrected chi connectivity index (χ4v) is 4.85. The maximum absolute atomic E-state index is 13.3. The van der Waals surface area contributed by atoms with Crippen molar-refractivity contribution < 1.29 is 13.2 Å². The zero-order valence-corrected chi connectivity index (χ0v) is 16.0. The Morgan fingerprint density at radius 1 is 1.04 bits per heavy atom. The minimum atomic E-state index is -3.86. The number of hydrogen-bond donors (Lipinski definition) is 1. The van der Waals surface area contributed by atoms with Crippen LogP contribution in [0.3, 0.4) is 0 Å². The van der Waals surface area contributed by atoms with Gasteiger partial charge >= 0.3 is 0 Å². The van der Waals surface area contributed by atoms with Crippen LogP contribution in [0.25, 0.3) is 0 Å². The molecule has 9 heteroatoms. The van der Waals surface area contributed by atoms with Gasteiger partial charge < -0.3 is 0 Å². The predicted molar refractivity (Wildman–Crippen MR) is 102 cm³/mol. The van der Waals surface area contributed by atoms with Gasteiger partial charge in [0.2, 0.25) is 10.0 Å². The lowest BCUT2D eigenvalue weighted by Crippen LogP contribution is -2.51. The molecule has 28 heavy (non-hydrogen) atoms. The molecule has 3 aromatic rings. The second-order valence-corrected chi connectivity index (χ2v) is 8.59. The smallest absolute Gasteiger partial charge is 0.257 e. The van der Waals surface area contributed by atoms with Gasteiger partial charge in [-0.05, 0) is 36.6 Å². The Labute approximate surface area is 162 Å². The van der Waals surface area contributed by atoms with Crippen molar-refractivity contribution in [2.75, 3.05) is 5.43 Å². The topological polar surface area (TPSA) is 97.2 Å². The van der Waals surface area contributed by atoms with E-state index in [1.807, 2.05) is 31.2 Å². The van der Waals surface area contributed by atoms with Crippen molar-refractivity contribution >= 4 is 15.9 Å². The van der Waals surface area contributed by atoms with Gasteiger partial charge in [-0.3, -0.25) is 10.2 Å². The Morgan fingerprint density at radius 2 is 1.68 bits per heavy atom. The molecule has 2 heterocycles. The summed E-state index contributed by atoms with van der Waals surface area (Å²) in [5, 5.41) is 7.29. The van der Waals surface area contributed by atoms with Crippen molar-refractivity contribution in [3.8, 4) is 0 Å². The van der Waals surface area contributed by atoms with Crippen LogP contribution < -0.4 is 5.43 Å². The van der Waals surface area contributed by atoms with Crippen LogP contribution in [0.4, 0.5) is 0 Å². The molecule has 0 saturated heterocycles. The first-order valence-electron chi connectivity index (χ1n) is 8.76. The molecule has 0 spiro atoms. The Bertz CT molecular complexity index is 1090. The summed E-state index contributed by atoms with van der Waals surface area (Å²) in [6.45, 7) is 2.02. The molecule has 0 bridgehead atoms. The van der Waals surface area contributed by atoms with Crippen molar-refractivity contribution in [1.82, 2.24) is 19.2 Å². The molecule has 0 radical (unpaired) electrons. The number of aryl methyl sites for hydroxylation is 1. The third-order valence-electron chi connectivity index (χ3n) is 4.79. The molecule has 1 aliphatic rings. The number of nitrogens with zero attached hydrogens (tertiary/aromatic N) is 4. The SMILES string of the molecule is Cc1ccc(S(=O)(=O)N2Cc3ccccc3C[C@H]2C(=O)Nn2cnnc2)cc1. The average Bonchev–Trinajstić information content (AvgIpc) is 3.20. The standard InChI is InChI=1S/C19H19N5O3S/c1-14-6-8-17(9-7-14)28(26,27)24-11-16-5-3-2-4-15(16)10-18(24)19(25)22-23-12-20-21-13-23/h2-9,12-13,18H,10-11H2,1H3,(H,22,25)/t18-/m0/s1. The van der Waals surface area contributed by atoms with Gasteiger partial charge in [0.15, 0.2) is 0 Å². The van der Waals surface area contributed by atoms with Crippen LogP contribution in [-0.4, -0.2) is 39.5 Å². The number of amides is 1. The van der Waals surface area contributed by atoms with Crippen LogP contribution >= 0.6 is 0 Å². The highest BCUT2D eigenvalue weighted by Gasteiger charge is 2.39. The van der Waals surface area contributed by atoms with E-state index in [0.717, 1.165) is 16.7 Å². The number of carbonyl (C=O) groups is 1. The first-order valence-corrected chi connectivity index (χ1v) is 10.2. The average molecular weight is 397 g/mol. The Kier molecular flexibility index (Phi) is 4.70. The van der Waals surface area contributed by atoms with E-state index < -0.39 is 22.0 Å². The lowest BCUT2D eigenvalue weighted by atomic mass is 9.95. The maximum atomic E-state index is 13.3. The second-order valence-electron chi connectivity index (χ2n) is 6.70. The van der Waals surface area contributed by atoms with E-state index in [0.29, 0.717) is 0 Å². The normalized spacial score (nSPS) is 17.1. The molecule has 4 rings (SSSR count). The van der Waals surface area contributed by atoms with Gasteiger partial charge in [0.25, 0.3) is 5.91 Å². The fraction of sp³-hybridized carbons (Fsp3) is 0.211. The Morgan fingerprint density at radius 3 is 2.36 bits per heavy atom. The van der Waals surface area contributed by atoms with Gasteiger partial charge in [0.05, 0.1) is 4.90 Å². The third-order valence-corrected chi connectivity index (χ3v) is 6.66. The van der Waals surface area contributed by atoms with Crippen LogP contribution in [0.5, 0.6) is 0 Å². The highest BCUT2D eigenvalue weighted by atomic mass is 32.2. The van der Waals surface area contributed by atoms with E-state index in [9.17, 15) is 13.2 Å². The number of benzene rings is 2. The molecule has 144 valence electrons. The molecular weight excluding hydrogens is 378 g/mol. The molecule has 1 N–H and O–H groups in total. The molecule has 0 unspecified atom stereocenters. The Hall–Kier alpha value is -3.04. The fourth-order valence-electron chi connectivity index (χ4n) is 3.28. The van der Waals surface area contributed by atoms with E-state index in [1.54, 1.807) is 24.3 Å². The number of nitrogens with one attached hydrogen (secondary N) is 1. The second kappa shape index (κ2) is 7.17. The molecular formula is C19H19N5O3S. The van der Waals surface area contributed by atoms with Crippen molar-refractivity contribution in [3.63, 3.8) is 0 Å². The molecule has 2 aromatic carbocycles. The van der Waals surface area contributed by atoms with Crippen LogP contribution in [0.2, 0.25) is 0 Å². The monoisotopic (exact) mass is 397 g/mol. The van der Waals surface area contributed by atoms with E-state index in [4.69, 9.17) is 0 Å². The lowest BCUT2D eigenvalue weighted by Gasteiger charge is -2.35. The van der Waals surface area contributed by atoms with E-state index in [2.05, 4.69) is 15.6 Å². The van der Waals surface area contributed by atoms with Crippen LogP contribution in [0.15, 0.2) is 66.1 Å². The summed E-state index contributed by atoms with van der Waals surface area (Å²) in [7, 11) is -3.86. The summed E-state index contributed by atoms with van der Waals surface area (Å²) in [6.07, 6.45) is 2.97. The van der Waals surface area contributed by atoms with Crippen molar-refractivity contribution in [2.24, 2.45) is 0 Å². The van der Waals surface area contributed by atoms with Gasteiger partial charge in [-0.15, -0.1) is 10.2 Å². The molecule has 1 atom stereocenters. The lowest BCUT2D eigenvalue weighted by molar-refractivity contribution is -0.121. The minimum absolute atomic E-state index is 0.132. The van der Waals surface area contributed by atoms with Gasteiger partial charge in [-0.25, -0.2) is 13.1 Å². The van der Waals surface area contributed by atoms with E-state index >= 15 is 0 Å². The van der Waals surface area contributed by atoms with Gasteiger partial charge in [-0.2, -0.15) is 4.31 Å². The number of rotatable bonds is 4. The van der Waals surface area contributed by atoms with Gasteiger partial charge in [0, 0.05) is 6.54 Å². The zero-order valence-electron chi connectivity index (χ0n) is 15.2. The summed E-state index contributed by atoms with van der Waals surface area (Å²) in [6, 6.07) is 13.3. The largest absolute Gasteiger partial charge is 0.271 e. The third kappa shape index (κ3) is 3.41. The minimum Gasteiger partial charge on any atom is -0.271 e. The van der Waals surface area contributed by atoms with Crippen molar-refractivity contribution in [1.29, 1.82) is 0 Å². The van der Waals surface area contributed by atoms with Gasteiger partial charge in [-0.1, -0.05) is 42.0 Å². The Balaban J connectivity index is 1.72. The van der Waals surface area contributed by atoms with Crippen molar-refractivity contribution in [2.45, 2.75) is 30.8 Å². The molecule has 8 nitrogen and oxygen atoms in total. The van der Waals surface area contributed by atoms with Crippen LogP contribution in [0, 0.1) is 6.92 Å². The van der Waals surface area contributed by atoms with Crippen molar-refractivity contribution in [3.05, 3.63) is 77.9 Å². The van der Waals surface area contributed by atoms with Crippen LogP contribution in [-0.2, 0) is 27.8 Å². The van der Waals surface area contributed by atoms with E-state index in [-0.39, 0.29) is 17.9 Å². The first-order chi connectivity index (χ1) is 13.4. The van der Waals surface area contributed by atoms with Crippen LogP contribution in [0.1, 0.15) is 16.7 Å². The number of hydrogen-bond acceptors (Lipinski definition) is 5. The molecule has 0 aliphatic carbocycles. The van der Waals surface area contributed by atoms with E-state index in [1.165, 1.54) is 21.6 Å². The molecule has 0 saturated carbocycles.